The lowest BCUT2D eigenvalue weighted by Crippen LogP contribution is -1.71. The molecule has 5 nitrogen and oxygen atoms in total. The molecule has 0 unspecified atom stereocenters. The second-order valence-corrected chi connectivity index (χ2v) is 0.557. The van der Waals surface area contributed by atoms with Crippen molar-refractivity contribution < 1.29 is 4.63 Å². The van der Waals surface area contributed by atoms with E-state index in [2.05, 4.69) is 4.63 Å². The Hall–Kier alpha value is -1.00. The standard InChI is InChI=1S/N2O3/c3-1-2(4)5-1/q-2. The van der Waals surface area contributed by atoms with E-state index in [0.29, 0.717) is 0 Å². The van der Waals surface area contributed by atoms with Crippen molar-refractivity contribution in [3.63, 3.8) is 0 Å². The third-order valence-electron chi connectivity index (χ3n) is 0.248. The van der Waals surface area contributed by atoms with Crippen molar-refractivity contribution in [2.75, 3.05) is 0 Å². The highest BCUT2D eigenvalue weighted by molar-refractivity contribution is 4.40. The maximum Gasteiger partial charge on any atom is -0.104 e. The van der Waals surface area contributed by atoms with Crippen molar-refractivity contribution in [1.82, 2.24) is 10.0 Å². The molecule has 0 aromatic carbocycles. The van der Waals surface area contributed by atoms with Crippen molar-refractivity contribution in [3.8, 4) is 0 Å². The average molecular weight is 76.0 g/mol. The minimum atomic E-state index is -0.181. The smallest absolute Gasteiger partial charge is 0.104 e. The molecule has 1 rings (SSSR count). The zero-order valence-corrected chi connectivity index (χ0v) is 2.12. The highest BCUT2D eigenvalue weighted by Gasteiger charge is 1.78. The Morgan fingerprint density at radius 3 is 1.40 bits per heavy atom. The molecule has 0 aliphatic rings. The first kappa shape index (κ1) is 2.25. The van der Waals surface area contributed by atoms with Crippen molar-refractivity contribution >= 4 is 0 Å². The van der Waals surface area contributed by atoms with Crippen LogP contribution in [0.4, 0.5) is 0 Å². The van der Waals surface area contributed by atoms with Crippen LogP contribution in [0, 0.1) is 10.4 Å². The highest BCUT2D eigenvalue weighted by Crippen LogP contribution is 1.84. The molecular weight excluding hydrogens is 76.0 g/mol. The Morgan fingerprint density at radius 2 is 1.40 bits per heavy atom. The van der Waals surface area contributed by atoms with Crippen LogP contribution in [0.25, 0.3) is 0 Å². The number of nitrogens with zero attached hydrogens (tertiary/aromatic N) is 2. The van der Waals surface area contributed by atoms with E-state index < -0.39 is 0 Å². The number of rotatable bonds is 0. The molecule has 0 saturated carbocycles. The normalized spacial score (nSPS) is 9.60. The topological polar surface area (TPSA) is 69.1 Å². The van der Waals surface area contributed by atoms with Crippen LogP contribution in [0.15, 0.2) is 4.63 Å². The van der Waals surface area contributed by atoms with Gasteiger partial charge in [0.15, 0.2) is 0 Å². The van der Waals surface area contributed by atoms with E-state index >= 15 is 0 Å². The lowest BCUT2D eigenvalue weighted by molar-refractivity contribution is 0.474. The van der Waals surface area contributed by atoms with Crippen LogP contribution in [0.1, 0.15) is 0 Å². The first-order valence-corrected chi connectivity index (χ1v) is 0.930. The van der Waals surface area contributed by atoms with Gasteiger partial charge in [-0.15, -0.1) is 10.0 Å². The maximum atomic E-state index is 9.19. The van der Waals surface area contributed by atoms with Crippen LogP contribution < -0.4 is 0 Å². The first-order chi connectivity index (χ1) is 2.30. The quantitative estimate of drug-likeness (QED) is 0.421. The van der Waals surface area contributed by atoms with Crippen LogP contribution in [-0.4, -0.2) is 10.0 Å². The molecule has 0 amide bonds. The van der Waals surface area contributed by atoms with Gasteiger partial charge in [-0.25, -0.2) is 0 Å². The van der Waals surface area contributed by atoms with Gasteiger partial charge in [0.05, 0.1) is 0 Å². The summed E-state index contributed by atoms with van der Waals surface area (Å²) >= 11 is 0. The summed E-state index contributed by atoms with van der Waals surface area (Å²) < 4.78 is 3.47. The Balaban J connectivity index is 2.73. The van der Waals surface area contributed by atoms with Gasteiger partial charge in [0.25, 0.3) is 0 Å². The Bertz CT molecular complexity index is 89.1. The third-order valence-corrected chi connectivity index (χ3v) is 0.248. The van der Waals surface area contributed by atoms with E-state index in [9.17, 15) is 10.4 Å². The number of aromatic nitrogens is 2. The van der Waals surface area contributed by atoms with E-state index in [0.717, 1.165) is 0 Å². The van der Waals surface area contributed by atoms with Gasteiger partial charge in [0, 0.05) is 0 Å². The largest absolute Gasteiger partial charge is 0.444 e. The summed E-state index contributed by atoms with van der Waals surface area (Å²) in [7, 11) is 0. The minimum Gasteiger partial charge on any atom is -0.444 e. The molecule has 0 spiro atoms. The van der Waals surface area contributed by atoms with E-state index in [1.54, 1.807) is 0 Å². The maximum absolute atomic E-state index is 9.19. The molecule has 0 saturated heterocycles. The van der Waals surface area contributed by atoms with Gasteiger partial charge >= 0.3 is 0 Å². The van der Waals surface area contributed by atoms with Gasteiger partial charge in [0.2, 0.25) is 0 Å². The zero-order valence-electron chi connectivity index (χ0n) is 2.12. The summed E-state index contributed by atoms with van der Waals surface area (Å²) in [6.45, 7) is 0. The highest BCUT2D eigenvalue weighted by atomic mass is 17.0. The molecule has 0 atom stereocenters. The fourth-order valence-corrected chi connectivity index (χ4v) is 0.0434. The monoisotopic (exact) mass is 76.0 g/mol. The molecule has 0 aliphatic carbocycles. The molecule has 5 heteroatoms. The van der Waals surface area contributed by atoms with Crippen molar-refractivity contribution in [2.45, 2.75) is 0 Å². The summed E-state index contributed by atoms with van der Waals surface area (Å²) in [6, 6.07) is 0. The second kappa shape index (κ2) is 0.333. The third kappa shape index (κ3) is 0.120. The SMILES string of the molecule is [O-]n1on1[O-]. The Kier molecular flexibility index (Phi) is 0.150. The predicted molar refractivity (Wildman–Crippen MR) is 12.2 cm³/mol. The van der Waals surface area contributed by atoms with Crippen molar-refractivity contribution in [1.29, 1.82) is 0 Å². The predicted octanol–water partition coefficient (Wildman–Crippen LogP) is -0.426. The molecule has 1 aromatic rings. The van der Waals surface area contributed by atoms with Crippen molar-refractivity contribution in [3.05, 3.63) is 10.4 Å². The Labute approximate surface area is 26.4 Å². The molecule has 1 heterocycles. The summed E-state index contributed by atoms with van der Waals surface area (Å²) in [5.74, 6) is 0. The Morgan fingerprint density at radius 1 is 1.20 bits per heavy atom. The molecule has 0 N–H and O–H groups in total. The van der Waals surface area contributed by atoms with Gasteiger partial charge in [-0.2, -0.15) is 0 Å². The summed E-state index contributed by atoms with van der Waals surface area (Å²) in [6.07, 6.45) is 0. The van der Waals surface area contributed by atoms with Gasteiger partial charge < -0.3 is 15.0 Å². The molecule has 1 aromatic heterocycles. The van der Waals surface area contributed by atoms with Gasteiger partial charge in [-0.1, -0.05) is 0 Å². The van der Waals surface area contributed by atoms with E-state index in [-0.39, 0.29) is 10.0 Å². The van der Waals surface area contributed by atoms with Crippen LogP contribution in [-0.2, 0) is 0 Å². The van der Waals surface area contributed by atoms with E-state index in [1.165, 1.54) is 0 Å². The molecule has 0 fully saturated rings. The van der Waals surface area contributed by atoms with Crippen LogP contribution in [0.3, 0.4) is 0 Å². The molecule has 0 radical (unpaired) electrons. The fourth-order valence-electron chi connectivity index (χ4n) is 0.0434. The molecule has 30 valence electrons. The van der Waals surface area contributed by atoms with Crippen molar-refractivity contribution in [2.24, 2.45) is 0 Å². The lowest BCUT2D eigenvalue weighted by atomic mass is 12.9. The summed E-state index contributed by atoms with van der Waals surface area (Å²) in [5.41, 5.74) is 0. The minimum absolute atomic E-state index is 0.181. The summed E-state index contributed by atoms with van der Waals surface area (Å²) in [4.78, 5) is 0. The molecule has 0 aliphatic heterocycles. The van der Waals surface area contributed by atoms with Crippen LogP contribution in [0.5, 0.6) is 0 Å². The average Bonchev–Trinajstić information content (AvgIpc) is 1.79. The number of hydrogen-bond acceptors (Lipinski definition) is 3. The van der Waals surface area contributed by atoms with Gasteiger partial charge in [-0.3, -0.25) is 0 Å². The van der Waals surface area contributed by atoms with Gasteiger partial charge in [-0.05, 0) is 0 Å². The second-order valence-electron chi connectivity index (χ2n) is 0.557. The summed E-state index contributed by atoms with van der Waals surface area (Å²) in [5, 5.41) is 18.0. The molecule has 0 bridgehead atoms. The van der Waals surface area contributed by atoms with E-state index in [4.69, 9.17) is 0 Å². The van der Waals surface area contributed by atoms with E-state index in [1.807, 2.05) is 0 Å². The fraction of sp³-hybridized carbons (Fsp3) is 0. The van der Waals surface area contributed by atoms with Crippen LogP contribution >= 0.6 is 0 Å². The van der Waals surface area contributed by atoms with Crippen LogP contribution in [0.2, 0.25) is 0 Å². The number of hydrogen-bond donors (Lipinski definition) is 0. The van der Waals surface area contributed by atoms with Gasteiger partial charge in [0.1, 0.15) is 0 Å². The molecular formula is N2O3-2. The lowest BCUT2D eigenvalue weighted by Gasteiger charge is -1.71. The zero-order chi connectivity index (χ0) is 3.86. The molecule has 5 heavy (non-hydrogen) atoms. The first-order valence-electron chi connectivity index (χ1n) is 0.930.